The van der Waals surface area contributed by atoms with Gasteiger partial charge in [-0.3, -0.25) is 24.2 Å². The van der Waals surface area contributed by atoms with E-state index in [4.69, 9.17) is 5.10 Å². The Kier molecular flexibility index (Phi) is 8.84. The normalized spacial score (nSPS) is 18.0. The summed E-state index contributed by atoms with van der Waals surface area (Å²) in [6.45, 7) is 7.82. The van der Waals surface area contributed by atoms with Crippen LogP contribution in [0.25, 0.3) is 5.69 Å². The van der Waals surface area contributed by atoms with Gasteiger partial charge in [0.05, 0.1) is 11.4 Å². The molecule has 0 bridgehead atoms. The average Bonchev–Trinajstić information content (AvgIpc) is 3.70. The molecule has 6 rings (SSSR count). The number of halogens is 3. The van der Waals surface area contributed by atoms with Crippen LogP contribution in [0.3, 0.4) is 0 Å². The van der Waals surface area contributed by atoms with Crippen molar-refractivity contribution in [1.82, 2.24) is 30.0 Å². The molecule has 0 fully saturated rings. The SMILES string of the molecule is CCN1CC=C(C(=O)Nc2cccc([C@@H]3c4c(C)nn(-c5ccccc5)c4N(CC)C(=O)[C@H]3NC(=O)c3nccc(C(F)(F)F)n3)c2)C1. The van der Waals surface area contributed by atoms with Crippen LogP contribution in [0.5, 0.6) is 0 Å². The van der Waals surface area contributed by atoms with Gasteiger partial charge in [0.1, 0.15) is 17.6 Å². The van der Waals surface area contributed by atoms with Gasteiger partial charge < -0.3 is 10.6 Å². The number of benzene rings is 2. The van der Waals surface area contributed by atoms with Crippen molar-refractivity contribution in [2.24, 2.45) is 0 Å². The number of nitrogens with one attached hydrogen (secondary N) is 2. The Morgan fingerprint density at radius 1 is 1.00 bits per heavy atom. The fraction of sp³-hybridized carbons (Fsp3) is 0.294. The van der Waals surface area contributed by atoms with E-state index in [1.54, 1.807) is 42.8 Å². The fourth-order valence-electron chi connectivity index (χ4n) is 6.16. The van der Waals surface area contributed by atoms with E-state index in [0.717, 1.165) is 12.7 Å². The number of carbonyl (C=O) groups is 3. The standard InChI is InChI=1S/C34H33F3N8O3/c1-4-43-17-15-22(19-43)30(46)39-23-11-9-10-21(18-23)27-26-20(3)42-45(24-12-7-6-8-13-24)32(26)44(5-2)33(48)28(27)41-31(47)29-38-16-14-25(40-29)34(35,36)37/h6-16,18,27-28H,4-5,17,19H2,1-3H3,(H,39,46)(H,41,47)/t27-,28+/m1/s1. The minimum atomic E-state index is -4.80. The Morgan fingerprint density at radius 2 is 1.77 bits per heavy atom. The van der Waals surface area contributed by atoms with Crippen molar-refractivity contribution in [2.45, 2.75) is 38.9 Å². The van der Waals surface area contributed by atoms with Crippen LogP contribution in [0.2, 0.25) is 0 Å². The zero-order valence-corrected chi connectivity index (χ0v) is 26.5. The molecule has 2 atom stereocenters. The zero-order chi connectivity index (χ0) is 34.2. The Hall–Kier alpha value is -5.37. The average molecular weight is 659 g/mol. The molecule has 2 aromatic carbocycles. The van der Waals surface area contributed by atoms with Gasteiger partial charge in [0.25, 0.3) is 17.7 Å². The van der Waals surface area contributed by atoms with Crippen LogP contribution < -0.4 is 15.5 Å². The van der Waals surface area contributed by atoms with Gasteiger partial charge in [-0.15, -0.1) is 0 Å². The first kappa shape index (κ1) is 32.6. The topological polar surface area (TPSA) is 125 Å². The van der Waals surface area contributed by atoms with Crippen molar-refractivity contribution in [3.05, 3.63) is 107 Å². The highest BCUT2D eigenvalue weighted by Crippen LogP contribution is 2.44. The van der Waals surface area contributed by atoms with Crippen LogP contribution in [-0.4, -0.2) is 74.6 Å². The van der Waals surface area contributed by atoms with Gasteiger partial charge in [0, 0.05) is 48.6 Å². The highest BCUT2D eigenvalue weighted by atomic mass is 19.4. The molecule has 2 aliphatic heterocycles. The van der Waals surface area contributed by atoms with Gasteiger partial charge in [-0.25, -0.2) is 14.6 Å². The summed E-state index contributed by atoms with van der Waals surface area (Å²) in [4.78, 5) is 51.8. The molecule has 0 spiro atoms. The zero-order valence-electron chi connectivity index (χ0n) is 26.5. The number of rotatable bonds is 8. The predicted molar refractivity (Wildman–Crippen MR) is 172 cm³/mol. The summed E-state index contributed by atoms with van der Waals surface area (Å²) in [6, 6.07) is 15.6. The van der Waals surface area contributed by atoms with Crippen LogP contribution in [0.15, 0.2) is 78.5 Å². The van der Waals surface area contributed by atoms with E-state index in [0.29, 0.717) is 58.7 Å². The van der Waals surface area contributed by atoms with Gasteiger partial charge in [-0.1, -0.05) is 43.3 Å². The summed E-state index contributed by atoms with van der Waals surface area (Å²) >= 11 is 0. The summed E-state index contributed by atoms with van der Waals surface area (Å²) < 4.78 is 41.9. The lowest BCUT2D eigenvalue weighted by atomic mass is 9.81. The highest BCUT2D eigenvalue weighted by molar-refractivity contribution is 6.06. The lowest BCUT2D eigenvalue weighted by Crippen LogP contribution is -2.55. The minimum absolute atomic E-state index is 0.211. The second-order valence-corrected chi connectivity index (χ2v) is 11.5. The van der Waals surface area contributed by atoms with Crippen LogP contribution in [0.1, 0.15) is 52.9 Å². The number of hydrogen-bond acceptors (Lipinski definition) is 7. The van der Waals surface area contributed by atoms with E-state index in [9.17, 15) is 27.6 Å². The highest BCUT2D eigenvalue weighted by Gasteiger charge is 2.46. The number of fused-ring (bicyclic) bond motifs is 1. The van der Waals surface area contributed by atoms with Gasteiger partial charge in [0.2, 0.25) is 5.82 Å². The molecule has 11 nitrogen and oxygen atoms in total. The first-order chi connectivity index (χ1) is 23.0. The summed E-state index contributed by atoms with van der Waals surface area (Å²) in [5.41, 5.74) is 2.32. The maximum atomic E-state index is 14.4. The van der Waals surface area contributed by atoms with Gasteiger partial charge in [0.15, 0.2) is 0 Å². The first-order valence-electron chi connectivity index (χ1n) is 15.5. The van der Waals surface area contributed by atoms with Crippen LogP contribution in [0.4, 0.5) is 24.7 Å². The number of nitrogens with zero attached hydrogens (tertiary/aromatic N) is 6. The number of carbonyl (C=O) groups excluding carboxylic acids is 3. The number of alkyl halides is 3. The maximum Gasteiger partial charge on any atom is 0.433 e. The number of amides is 3. The van der Waals surface area contributed by atoms with E-state index >= 15 is 0 Å². The number of aromatic nitrogens is 4. The third-order valence-corrected chi connectivity index (χ3v) is 8.50. The van der Waals surface area contributed by atoms with Crippen molar-refractivity contribution in [2.75, 3.05) is 36.4 Å². The van der Waals surface area contributed by atoms with E-state index < -0.39 is 41.5 Å². The van der Waals surface area contributed by atoms with Gasteiger partial charge in [-0.05, 0) is 56.3 Å². The molecule has 48 heavy (non-hydrogen) atoms. The Bertz CT molecular complexity index is 1910. The first-order valence-corrected chi connectivity index (χ1v) is 15.5. The fourth-order valence-corrected chi connectivity index (χ4v) is 6.16. The number of para-hydroxylation sites is 1. The maximum absolute atomic E-state index is 14.4. The monoisotopic (exact) mass is 658 g/mol. The third-order valence-electron chi connectivity index (χ3n) is 8.50. The molecule has 0 radical (unpaired) electrons. The molecule has 2 aliphatic rings. The van der Waals surface area contributed by atoms with E-state index in [1.165, 1.54) is 4.90 Å². The van der Waals surface area contributed by atoms with E-state index in [-0.39, 0.29) is 12.5 Å². The van der Waals surface area contributed by atoms with Gasteiger partial charge in [-0.2, -0.15) is 18.3 Å². The summed E-state index contributed by atoms with van der Waals surface area (Å²) in [6.07, 6.45) is -2.07. The molecule has 248 valence electrons. The summed E-state index contributed by atoms with van der Waals surface area (Å²) in [7, 11) is 0. The molecular formula is C34H33F3N8O3. The van der Waals surface area contributed by atoms with Gasteiger partial charge >= 0.3 is 6.18 Å². The van der Waals surface area contributed by atoms with Crippen molar-refractivity contribution in [1.29, 1.82) is 0 Å². The molecule has 3 amide bonds. The predicted octanol–water partition coefficient (Wildman–Crippen LogP) is 4.49. The molecule has 0 aliphatic carbocycles. The Morgan fingerprint density at radius 3 is 2.46 bits per heavy atom. The second kappa shape index (κ2) is 13.0. The van der Waals surface area contributed by atoms with Crippen molar-refractivity contribution >= 4 is 29.2 Å². The van der Waals surface area contributed by atoms with Crippen LogP contribution in [0, 0.1) is 6.92 Å². The lowest BCUT2D eigenvalue weighted by molar-refractivity contribution is -0.141. The minimum Gasteiger partial charge on any atom is -0.337 e. The lowest BCUT2D eigenvalue weighted by Gasteiger charge is -2.38. The molecule has 4 heterocycles. The van der Waals surface area contributed by atoms with E-state index in [2.05, 4.69) is 25.5 Å². The molecule has 2 N–H and O–H groups in total. The smallest absolute Gasteiger partial charge is 0.337 e. The largest absolute Gasteiger partial charge is 0.433 e. The summed E-state index contributed by atoms with van der Waals surface area (Å²) in [5, 5.41) is 10.4. The van der Waals surface area contributed by atoms with Crippen LogP contribution in [-0.2, 0) is 15.8 Å². The molecular weight excluding hydrogens is 625 g/mol. The number of aryl methyl sites for hydroxylation is 1. The number of anilines is 2. The van der Waals surface area contributed by atoms with E-state index in [1.807, 2.05) is 43.3 Å². The molecule has 2 aromatic heterocycles. The summed E-state index contributed by atoms with van der Waals surface area (Å²) in [5.74, 6) is -2.87. The Labute approximate surface area is 274 Å². The van der Waals surface area contributed by atoms with Crippen molar-refractivity contribution in [3.63, 3.8) is 0 Å². The Balaban J connectivity index is 1.44. The molecule has 0 saturated carbocycles. The van der Waals surface area contributed by atoms with Crippen molar-refractivity contribution in [3.8, 4) is 5.69 Å². The van der Waals surface area contributed by atoms with Crippen molar-refractivity contribution < 1.29 is 27.6 Å². The molecule has 4 aromatic rings. The van der Waals surface area contributed by atoms with Crippen LogP contribution >= 0.6 is 0 Å². The second-order valence-electron chi connectivity index (χ2n) is 11.5. The molecule has 0 unspecified atom stereocenters. The number of likely N-dealkylation sites (N-methyl/N-ethyl adjacent to an activating group) is 2. The third kappa shape index (κ3) is 6.18. The molecule has 0 saturated heterocycles. The quantitative estimate of drug-likeness (QED) is 0.286. The number of hydrogen-bond donors (Lipinski definition) is 2. The molecule has 14 heteroatoms.